The van der Waals surface area contributed by atoms with E-state index in [4.69, 9.17) is 0 Å². The van der Waals surface area contributed by atoms with Crippen LogP contribution in [0.15, 0.2) is 15.7 Å². The first kappa shape index (κ1) is 11.7. The summed E-state index contributed by atoms with van der Waals surface area (Å²) >= 11 is 1.71. The van der Waals surface area contributed by atoms with E-state index >= 15 is 0 Å². The summed E-state index contributed by atoms with van der Waals surface area (Å²) in [4.78, 5) is 35.5. The highest BCUT2D eigenvalue weighted by Crippen LogP contribution is 2.35. The third-order valence-electron chi connectivity index (χ3n) is 3.73. The molecule has 0 atom stereocenters. The summed E-state index contributed by atoms with van der Waals surface area (Å²) < 4.78 is 1.35. The zero-order valence-corrected chi connectivity index (χ0v) is 11.6. The van der Waals surface area contributed by atoms with E-state index in [0.717, 1.165) is 17.7 Å². The third-order valence-corrected chi connectivity index (χ3v) is 4.98. The van der Waals surface area contributed by atoms with Gasteiger partial charge >= 0.3 is 5.69 Å². The summed E-state index contributed by atoms with van der Waals surface area (Å²) in [6.45, 7) is 0. The quantitative estimate of drug-likeness (QED) is 0.705. The average molecular weight is 288 g/mol. The van der Waals surface area contributed by atoms with Gasteiger partial charge in [-0.3, -0.25) is 14.3 Å². The fourth-order valence-electron chi connectivity index (χ4n) is 2.67. The van der Waals surface area contributed by atoms with E-state index in [9.17, 15) is 9.59 Å². The van der Waals surface area contributed by atoms with Gasteiger partial charge in [0.1, 0.15) is 5.52 Å². The summed E-state index contributed by atoms with van der Waals surface area (Å²) in [5.41, 5.74) is 1.24. The molecule has 3 heterocycles. The van der Waals surface area contributed by atoms with Crippen molar-refractivity contribution in [2.75, 3.05) is 0 Å². The second-order valence-electron chi connectivity index (χ2n) is 5.01. The molecule has 0 unspecified atom stereocenters. The Morgan fingerprint density at radius 1 is 1.30 bits per heavy atom. The van der Waals surface area contributed by atoms with E-state index in [1.807, 2.05) is 0 Å². The van der Waals surface area contributed by atoms with Crippen LogP contribution < -0.4 is 11.2 Å². The number of nitrogens with one attached hydrogen (secondary N) is 2. The number of aromatic nitrogens is 4. The van der Waals surface area contributed by atoms with Crippen LogP contribution in [0.2, 0.25) is 0 Å². The molecule has 1 aliphatic carbocycles. The number of fused-ring (bicyclic) bond motifs is 2. The minimum Gasteiger partial charge on any atom is -0.331 e. The van der Waals surface area contributed by atoms with Gasteiger partial charge < -0.3 is 4.98 Å². The van der Waals surface area contributed by atoms with Gasteiger partial charge in [0.05, 0.1) is 4.88 Å². The number of hydrogen-bond acceptors (Lipinski definition) is 4. The Labute approximate surface area is 117 Å². The monoisotopic (exact) mass is 288 g/mol. The van der Waals surface area contributed by atoms with Crippen LogP contribution in [0.1, 0.15) is 16.9 Å². The Balaban J connectivity index is 1.97. The van der Waals surface area contributed by atoms with Gasteiger partial charge in [0.2, 0.25) is 0 Å². The smallest absolute Gasteiger partial charge is 0.329 e. The molecule has 0 fully saturated rings. The average Bonchev–Trinajstić information content (AvgIpc) is 3.08. The van der Waals surface area contributed by atoms with Crippen molar-refractivity contribution in [2.24, 2.45) is 7.05 Å². The Morgan fingerprint density at radius 2 is 2.15 bits per heavy atom. The molecule has 7 heteroatoms. The van der Waals surface area contributed by atoms with Crippen LogP contribution in [0.3, 0.4) is 0 Å². The van der Waals surface area contributed by atoms with Crippen molar-refractivity contribution in [1.82, 2.24) is 19.5 Å². The summed E-state index contributed by atoms with van der Waals surface area (Å²) in [6, 6.07) is 2.14. The maximum atomic E-state index is 11.8. The van der Waals surface area contributed by atoms with Crippen molar-refractivity contribution in [3.05, 3.63) is 37.3 Å². The Hall–Kier alpha value is -2.15. The second-order valence-corrected chi connectivity index (χ2v) is 6.15. The standard InChI is InChI=1S/C13H12N4O2S/c1-17-11-9(12(18)16-13(17)19)14-10(15-11)8-5-6-3-2-4-7(6)20-8/h5H,2-4H2,1H3,(H,14,15)(H,16,18,19). The number of thiophene rings is 1. The van der Waals surface area contributed by atoms with Crippen LogP contribution in [0.25, 0.3) is 21.9 Å². The summed E-state index contributed by atoms with van der Waals surface area (Å²) in [5, 5.41) is 0. The molecular weight excluding hydrogens is 276 g/mol. The van der Waals surface area contributed by atoms with Crippen molar-refractivity contribution in [1.29, 1.82) is 0 Å². The van der Waals surface area contributed by atoms with Crippen LogP contribution in [0, 0.1) is 0 Å². The van der Waals surface area contributed by atoms with Gasteiger partial charge in [-0.25, -0.2) is 9.78 Å². The molecule has 0 aliphatic heterocycles. The molecule has 2 N–H and O–H groups in total. The maximum Gasteiger partial charge on any atom is 0.329 e. The van der Waals surface area contributed by atoms with E-state index in [2.05, 4.69) is 21.0 Å². The molecule has 1 aliphatic rings. The van der Waals surface area contributed by atoms with Crippen molar-refractivity contribution >= 4 is 22.5 Å². The maximum absolute atomic E-state index is 11.8. The second kappa shape index (κ2) is 3.92. The van der Waals surface area contributed by atoms with Crippen molar-refractivity contribution in [3.8, 4) is 10.7 Å². The summed E-state index contributed by atoms with van der Waals surface area (Å²) in [6.07, 6.45) is 3.46. The molecule has 102 valence electrons. The highest BCUT2D eigenvalue weighted by molar-refractivity contribution is 7.15. The number of rotatable bonds is 1. The number of hydrogen-bond donors (Lipinski definition) is 2. The van der Waals surface area contributed by atoms with E-state index in [1.165, 1.54) is 21.4 Å². The van der Waals surface area contributed by atoms with E-state index < -0.39 is 11.2 Å². The highest BCUT2D eigenvalue weighted by Gasteiger charge is 2.18. The summed E-state index contributed by atoms with van der Waals surface area (Å²) in [5.74, 6) is 0.658. The highest BCUT2D eigenvalue weighted by atomic mass is 32.1. The Kier molecular flexibility index (Phi) is 2.29. The third kappa shape index (κ3) is 1.53. The lowest BCUT2D eigenvalue weighted by Crippen LogP contribution is -2.28. The first-order valence-electron chi connectivity index (χ1n) is 6.44. The van der Waals surface area contributed by atoms with Gasteiger partial charge in [0.25, 0.3) is 5.56 Å². The summed E-state index contributed by atoms with van der Waals surface area (Å²) in [7, 11) is 1.60. The molecular formula is C13H12N4O2S. The lowest BCUT2D eigenvalue weighted by Gasteiger charge is -1.94. The fraction of sp³-hybridized carbons (Fsp3) is 0.308. The predicted molar refractivity (Wildman–Crippen MR) is 77.3 cm³/mol. The SMILES string of the molecule is Cn1c(=O)[nH]c(=O)c2[nH]c(-c3cc4c(s3)CCC4)nc21. The van der Waals surface area contributed by atoms with Crippen molar-refractivity contribution < 1.29 is 0 Å². The first-order chi connectivity index (χ1) is 9.63. The molecule has 3 aromatic rings. The molecule has 0 aromatic carbocycles. The molecule has 0 amide bonds. The van der Waals surface area contributed by atoms with Gasteiger partial charge in [-0.05, 0) is 30.9 Å². The molecule has 4 rings (SSSR count). The van der Waals surface area contributed by atoms with Crippen molar-refractivity contribution in [2.45, 2.75) is 19.3 Å². The minimum absolute atomic E-state index is 0.343. The molecule has 0 radical (unpaired) electrons. The zero-order chi connectivity index (χ0) is 13.9. The van der Waals surface area contributed by atoms with Crippen LogP contribution >= 0.6 is 11.3 Å². The lowest BCUT2D eigenvalue weighted by atomic mass is 10.2. The number of aromatic amines is 2. The van der Waals surface area contributed by atoms with Gasteiger partial charge in [-0.15, -0.1) is 11.3 Å². The lowest BCUT2D eigenvalue weighted by molar-refractivity contribution is 0.832. The van der Waals surface area contributed by atoms with Gasteiger partial charge in [-0.1, -0.05) is 0 Å². The predicted octanol–water partition coefficient (Wildman–Crippen LogP) is 1.17. The van der Waals surface area contributed by atoms with E-state index in [0.29, 0.717) is 17.0 Å². The van der Waals surface area contributed by atoms with Gasteiger partial charge in [-0.2, -0.15) is 0 Å². The molecule has 0 bridgehead atoms. The number of nitrogens with zero attached hydrogens (tertiary/aromatic N) is 2. The van der Waals surface area contributed by atoms with Gasteiger partial charge in [0.15, 0.2) is 11.5 Å². The van der Waals surface area contributed by atoms with Crippen LogP contribution in [-0.4, -0.2) is 19.5 Å². The Morgan fingerprint density at radius 3 is 2.95 bits per heavy atom. The van der Waals surface area contributed by atoms with E-state index in [1.54, 1.807) is 18.4 Å². The molecule has 3 aromatic heterocycles. The molecule has 20 heavy (non-hydrogen) atoms. The number of imidazole rings is 1. The fourth-order valence-corrected chi connectivity index (χ4v) is 3.87. The topological polar surface area (TPSA) is 83.5 Å². The van der Waals surface area contributed by atoms with Crippen molar-refractivity contribution in [3.63, 3.8) is 0 Å². The van der Waals surface area contributed by atoms with E-state index in [-0.39, 0.29) is 0 Å². The van der Waals surface area contributed by atoms with Crippen LogP contribution in [-0.2, 0) is 19.9 Å². The van der Waals surface area contributed by atoms with Crippen LogP contribution in [0.5, 0.6) is 0 Å². The minimum atomic E-state index is -0.450. The molecule has 0 spiro atoms. The molecule has 0 saturated carbocycles. The largest absolute Gasteiger partial charge is 0.331 e. The normalized spacial score (nSPS) is 14.1. The first-order valence-corrected chi connectivity index (χ1v) is 7.26. The van der Waals surface area contributed by atoms with Gasteiger partial charge in [0, 0.05) is 11.9 Å². The number of aryl methyl sites for hydroxylation is 3. The Bertz CT molecular complexity index is 922. The number of H-pyrrole nitrogens is 2. The molecule has 0 saturated heterocycles. The molecule has 6 nitrogen and oxygen atoms in total. The van der Waals surface area contributed by atoms with Crippen LogP contribution in [0.4, 0.5) is 0 Å². The zero-order valence-electron chi connectivity index (χ0n) is 10.8.